The highest BCUT2D eigenvalue weighted by Gasteiger charge is 2.61. The quantitative estimate of drug-likeness (QED) is 0.787. The Balaban J connectivity index is 1.88. The van der Waals surface area contributed by atoms with Crippen molar-refractivity contribution in [2.24, 2.45) is 0 Å². The van der Waals surface area contributed by atoms with Gasteiger partial charge < -0.3 is 5.32 Å². The average Bonchev–Trinajstić information content (AvgIpc) is 3.34. The molecular weight excluding hydrogens is 414 g/mol. The number of nitrogens with one attached hydrogen (secondary N) is 1. The summed E-state index contributed by atoms with van der Waals surface area (Å²) >= 11 is 9.21. The summed E-state index contributed by atoms with van der Waals surface area (Å²) in [5.74, 6) is -0.487. The van der Waals surface area contributed by atoms with Crippen molar-refractivity contribution in [2.75, 3.05) is 5.32 Å². The predicted octanol–water partition coefficient (Wildman–Crippen LogP) is 4.36. The zero-order chi connectivity index (χ0) is 17.5. The maximum atomic E-state index is 12.9. The monoisotopic (exact) mass is 427 g/mol. The fraction of sp³-hybridized carbons (Fsp3) is 0.235. The van der Waals surface area contributed by atoms with Crippen LogP contribution in [0.5, 0.6) is 0 Å². The number of benzene rings is 2. The minimum absolute atomic E-state index is 0.117. The lowest BCUT2D eigenvalue weighted by Gasteiger charge is -2.17. The van der Waals surface area contributed by atoms with Gasteiger partial charge in [-0.15, -0.1) is 0 Å². The number of hydrogen-bond donors (Lipinski definition) is 1. The van der Waals surface area contributed by atoms with E-state index in [-0.39, 0.29) is 4.90 Å². The van der Waals surface area contributed by atoms with Crippen LogP contribution in [0.3, 0.4) is 0 Å². The van der Waals surface area contributed by atoms with Gasteiger partial charge in [-0.1, -0.05) is 27.5 Å². The molecule has 0 spiro atoms. The Morgan fingerprint density at radius 2 is 1.79 bits per heavy atom. The molecule has 1 aliphatic rings. The summed E-state index contributed by atoms with van der Waals surface area (Å²) in [5.41, 5.74) is 1.54. The summed E-state index contributed by atoms with van der Waals surface area (Å²) in [6, 6.07) is 11.3. The first-order chi connectivity index (χ1) is 11.3. The molecular formula is C17H15BrClNO3S. The summed E-state index contributed by atoms with van der Waals surface area (Å²) in [4.78, 5) is 12.8. The van der Waals surface area contributed by atoms with Crippen molar-refractivity contribution < 1.29 is 13.2 Å². The molecule has 7 heteroatoms. The number of carbonyl (C=O) groups excluding carboxylic acids is 1. The van der Waals surface area contributed by atoms with Gasteiger partial charge in [0.05, 0.1) is 4.90 Å². The Morgan fingerprint density at radius 1 is 1.17 bits per heavy atom. The van der Waals surface area contributed by atoms with E-state index in [1.165, 1.54) is 24.3 Å². The van der Waals surface area contributed by atoms with Crippen molar-refractivity contribution in [3.63, 3.8) is 0 Å². The van der Waals surface area contributed by atoms with E-state index in [0.29, 0.717) is 23.6 Å². The number of aryl methyl sites for hydroxylation is 1. The first-order valence-electron chi connectivity index (χ1n) is 7.34. The van der Waals surface area contributed by atoms with Crippen LogP contribution in [-0.2, 0) is 14.6 Å². The number of hydrogen-bond acceptors (Lipinski definition) is 3. The smallest absolute Gasteiger partial charge is 0.246 e. The van der Waals surface area contributed by atoms with Crippen molar-refractivity contribution in [3.8, 4) is 0 Å². The molecule has 2 aromatic carbocycles. The maximum Gasteiger partial charge on any atom is 0.246 e. The molecule has 2 aromatic rings. The molecule has 0 bridgehead atoms. The first-order valence-corrected chi connectivity index (χ1v) is 9.99. The summed E-state index contributed by atoms with van der Waals surface area (Å²) < 4.78 is 25.3. The lowest BCUT2D eigenvalue weighted by Crippen LogP contribution is -2.37. The number of anilines is 1. The standard InChI is InChI=1S/C17H15BrClNO3S/c1-11-10-13(4-7-15(11)18)20-16(21)17(8-9-17)24(22,23)14-5-2-12(19)3-6-14/h2-7,10H,8-9H2,1H3,(H,20,21). The van der Waals surface area contributed by atoms with Crippen molar-refractivity contribution in [1.29, 1.82) is 0 Å². The second kappa shape index (κ2) is 6.17. The molecule has 4 nitrogen and oxygen atoms in total. The van der Waals surface area contributed by atoms with Gasteiger partial charge in [-0.25, -0.2) is 8.42 Å². The number of rotatable bonds is 4. The van der Waals surface area contributed by atoms with Crippen molar-refractivity contribution >= 4 is 49.0 Å². The topological polar surface area (TPSA) is 63.2 Å². The zero-order valence-corrected chi connectivity index (χ0v) is 16.0. The molecule has 0 aliphatic heterocycles. The molecule has 126 valence electrons. The van der Waals surface area contributed by atoms with Gasteiger partial charge in [-0.2, -0.15) is 0 Å². The highest BCUT2D eigenvalue weighted by atomic mass is 79.9. The lowest BCUT2D eigenvalue weighted by molar-refractivity contribution is -0.116. The molecule has 24 heavy (non-hydrogen) atoms. The molecule has 0 heterocycles. The Bertz CT molecular complexity index is 906. The van der Waals surface area contributed by atoms with Crippen LogP contribution in [0.2, 0.25) is 5.02 Å². The molecule has 3 rings (SSSR count). The molecule has 0 saturated heterocycles. The molecule has 0 radical (unpaired) electrons. The molecule has 1 N–H and O–H groups in total. The Morgan fingerprint density at radius 3 is 2.33 bits per heavy atom. The van der Waals surface area contributed by atoms with Gasteiger partial charge in [-0.3, -0.25) is 4.79 Å². The van der Waals surface area contributed by atoms with E-state index < -0.39 is 20.5 Å². The van der Waals surface area contributed by atoms with Crippen LogP contribution < -0.4 is 5.32 Å². The highest BCUT2D eigenvalue weighted by molar-refractivity contribution is 9.10. The van der Waals surface area contributed by atoms with Crippen molar-refractivity contribution in [2.45, 2.75) is 29.4 Å². The average molecular weight is 429 g/mol. The lowest BCUT2D eigenvalue weighted by atomic mass is 10.2. The largest absolute Gasteiger partial charge is 0.325 e. The minimum atomic E-state index is -3.76. The molecule has 1 amide bonds. The highest BCUT2D eigenvalue weighted by Crippen LogP contribution is 2.47. The Kier molecular flexibility index (Phi) is 4.49. The third kappa shape index (κ3) is 2.98. The second-order valence-electron chi connectivity index (χ2n) is 5.87. The van der Waals surface area contributed by atoms with Gasteiger partial charge in [-0.05, 0) is 67.8 Å². The van der Waals surface area contributed by atoms with E-state index in [1.807, 2.05) is 13.0 Å². The Hall–Kier alpha value is -1.37. The predicted molar refractivity (Wildman–Crippen MR) is 98.1 cm³/mol. The van der Waals surface area contributed by atoms with Crippen LogP contribution in [-0.4, -0.2) is 19.1 Å². The molecule has 0 aromatic heterocycles. The fourth-order valence-corrected chi connectivity index (χ4v) is 4.79. The Labute approximate surface area is 154 Å². The van der Waals surface area contributed by atoms with Gasteiger partial charge in [0.15, 0.2) is 14.6 Å². The normalized spacial score (nSPS) is 15.8. The van der Waals surface area contributed by atoms with Crippen LogP contribution in [0.4, 0.5) is 5.69 Å². The molecule has 0 unspecified atom stereocenters. The summed E-state index contributed by atoms with van der Waals surface area (Å²) in [5, 5.41) is 3.19. The van der Waals surface area contributed by atoms with Gasteiger partial charge in [0.25, 0.3) is 0 Å². The van der Waals surface area contributed by atoms with Crippen molar-refractivity contribution in [3.05, 3.63) is 57.5 Å². The number of sulfone groups is 1. The van der Waals surface area contributed by atoms with E-state index in [4.69, 9.17) is 11.6 Å². The zero-order valence-electron chi connectivity index (χ0n) is 12.8. The van der Waals surface area contributed by atoms with E-state index in [2.05, 4.69) is 21.2 Å². The molecule has 0 atom stereocenters. The minimum Gasteiger partial charge on any atom is -0.325 e. The van der Waals surface area contributed by atoms with Crippen molar-refractivity contribution in [1.82, 2.24) is 0 Å². The SMILES string of the molecule is Cc1cc(NC(=O)C2(S(=O)(=O)c3ccc(Cl)cc3)CC2)ccc1Br. The third-order valence-corrected chi connectivity index (χ3v) is 7.83. The van der Waals surface area contributed by atoms with E-state index in [1.54, 1.807) is 12.1 Å². The van der Waals surface area contributed by atoms with E-state index >= 15 is 0 Å². The molecule has 1 aliphatic carbocycles. The molecule has 1 fully saturated rings. The summed E-state index contributed by atoms with van der Waals surface area (Å²) in [7, 11) is -3.76. The number of carbonyl (C=O) groups is 1. The van der Waals surface area contributed by atoms with E-state index in [0.717, 1.165) is 10.0 Å². The summed E-state index contributed by atoms with van der Waals surface area (Å²) in [6.45, 7) is 1.90. The van der Waals surface area contributed by atoms with Crippen LogP contribution in [0.15, 0.2) is 51.8 Å². The fourth-order valence-electron chi connectivity index (χ4n) is 2.54. The van der Waals surface area contributed by atoms with Crippen LogP contribution in [0, 0.1) is 6.92 Å². The van der Waals surface area contributed by atoms with Gasteiger partial charge >= 0.3 is 0 Å². The maximum absolute atomic E-state index is 12.9. The second-order valence-corrected chi connectivity index (χ2v) is 9.42. The number of halogens is 2. The first kappa shape index (κ1) is 17.5. The van der Waals surface area contributed by atoms with E-state index in [9.17, 15) is 13.2 Å². The van der Waals surface area contributed by atoms with Gasteiger partial charge in [0, 0.05) is 15.2 Å². The third-order valence-electron chi connectivity index (χ3n) is 4.17. The van der Waals surface area contributed by atoms with Crippen LogP contribution in [0.1, 0.15) is 18.4 Å². The van der Waals surface area contributed by atoms with Gasteiger partial charge in [0.2, 0.25) is 5.91 Å². The molecule has 1 saturated carbocycles. The van der Waals surface area contributed by atoms with Gasteiger partial charge in [0.1, 0.15) is 0 Å². The number of amides is 1. The van der Waals surface area contributed by atoms with Crippen LogP contribution >= 0.6 is 27.5 Å². The van der Waals surface area contributed by atoms with Crippen LogP contribution in [0.25, 0.3) is 0 Å². The summed E-state index contributed by atoms with van der Waals surface area (Å²) in [6.07, 6.45) is 0.638.